The second-order valence-electron chi connectivity index (χ2n) is 7.48. The van der Waals surface area contributed by atoms with E-state index in [2.05, 4.69) is 15.3 Å². The molecule has 0 fully saturated rings. The number of carbonyl (C=O) groups excluding carboxylic acids is 1. The first-order chi connectivity index (χ1) is 14.8. The number of anilines is 1. The number of likely N-dealkylation sites (N-methyl/N-ethyl adjacent to an activating group) is 1. The van der Waals surface area contributed by atoms with E-state index in [4.69, 9.17) is 4.74 Å². The summed E-state index contributed by atoms with van der Waals surface area (Å²) in [7, 11) is 5.09. The third kappa shape index (κ3) is 5.02. The van der Waals surface area contributed by atoms with Crippen LogP contribution in [0.5, 0.6) is 5.75 Å². The second kappa shape index (κ2) is 9.61. The van der Waals surface area contributed by atoms with Gasteiger partial charge < -0.3 is 14.6 Å². The highest BCUT2D eigenvalue weighted by Crippen LogP contribution is 2.17. The molecule has 3 aromatic rings. The number of ether oxygens (including phenoxy) is 1. The van der Waals surface area contributed by atoms with E-state index in [0.29, 0.717) is 41.5 Å². The number of aromatic nitrogens is 4. The monoisotopic (exact) mass is 428 g/mol. The zero-order valence-electron chi connectivity index (χ0n) is 18.3. The average Bonchev–Trinajstić information content (AvgIpc) is 3.04. The number of rotatable bonds is 9. The quantitative estimate of drug-likeness (QED) is 0.531. The molecule has 0 spiro atoms. The van der Waals surface area contributed by atoms with Crippen molar-refractivity contribution in [2.45, 2.75) is 32.9 Å². The van der Waals surface area contributed by atoms with Crippen LogP contribution in [0.3, 0.4) is 0 Å². The molecule has 0 unspecified atom stereocenters. The molecule has 2 aromatic heterocycles. The lowest BCUT2D eigenvalue weighted by molar-refractivity contribution is -0.117. The molecule has 2 heterocycles. The molecular weight excluding hydrogens is 400 g/mol. The van der Waals surface area contributed by atoms with Gasteiger partial charge in [0.15, 0.2) is 11.2 Å². The number of imidazole rings is 1. The van der Waals surface area contributed by atoms with Crippen molar-refractivity contribution < 1.29 is 9.53 Å². The Kier molecular flexibility index (Phi) is 6.91. The van der Waals surface area contributed by atoms with Crippen molar-refractivity contribution in [2.24, 2.45) is 7.05 Å². The molecule has 3 rings (SSSR count). The van der Waals surface area contributed by atoms with Crippen molar-refractivity contribution in [3.05, 3.63) is 50.9 Å². The highest BCUT2D eigenvalue weighted by atomic mass is 16.5. The first kappa shape index (κ1) is 22.3. The predicted octanol–water partition coefficient (Wildman–Crippen LogP) is 1.30. The van der Waals surface area contributed by atoms with Crippen molar-refractivity contribution >= 4 is 22.8 Å². The maximum absolute atomic E-state index is 12.4. The van der Waals surface area contributed by atoms with E-state index in [1.165, 1.54) is 4.57 Å². The molecular formula is C21H28N6O4. The number of H-pyrrole nitrogens is 1. The molecule has 0 radical (unpaired) electrons. The first-order valence-electron chi connectivity index (χ1n) is 10.1. The van der Waals surface area contributed by atoms with Gasteiger partial charge in [0.05, 0.1) is 20.2 Å². The maximum Gasteiger partial charge on any atom is 0.330 e. The summed E-state index contributed by atoms with van der Waals surface area (Å²) in [5.74, 6) is 1.06. The second-order valence-corrected chi connectivity index (χ2v) is 7.48. The Morgan fingerprint density at radius 1 is 1.32 bits per heavy atom. The summed E-state index contributed by atoms with van der Waals surface area (Å²) in [6.07, 6.45) is 1.72. The maximum atomic E-state index is 12.4. The van der Waals surface area contributed by atoms with E-state index < -0.39 is 11.2 Å². The number of benzene rings is 1. The number of hydrogen-bond acceptors (Lipinski definition) is 6. The smallest absolute Gasteiger partial charge is 0.330 e. The molecule has 0 aliphatic heterocycles. The van der Waals surface area contributed by atoms with Crippen molar-refractivity contribution in [1.29, 1.82) is 0 Å². The van der Waals surface area contributed by atoms with Crippen LogP contribution in [0, 0.1) is 0 Å². The molecule has 0 aliphatic rings. The van der Waals surface area contributed by atoms with Crippen LogP contribution in [0.15, 0.2) is 33.9 Å². The molecule has 31 heavy (non-hydrogen) atoms. The number of methoxy groups -OCH3 is 1. The molecule has 1 amide bonds. The first-order valence-corrected chi connectivity index (χ1v) is 10.1. The van der Waals surface area contributed by atoms with Gasteiger partial charge in [-0.05, 0) is 25.6 Å². The molecule has 0 saturated carbocycles. The highest BCUT2D eigenvalue weighted by Gasteiger charge is 2.18. The third-order valence-corrected chi connectivity index (χ3v) is 5.02. The number of unbranched alkanes of at least 4 members (excludes halogenated alkanes) is 1. The van der Waals surface area contributed by atoms with Crippen LogP contribution in [0.4, 0.5) is 5.69 Å². The van der Waals surface area contributed by atoms with Crippen LogP contribution in [0.1, 0.15) is 25.6 Å². The van der Waals surface area contributed by atoms with Gasteiger partial charge in [-0.1, -0.05) is 19.4 Å². The van der Waals surface area contributed by atoms with E-state index in [-0.39, 0.29) is 12.5 Å². The summed E-state index contributed by atoms with van der Waals surface area (Å²) < 4.78 is 8.34. The fraction of sp³-hybridized carbons (Fsp3) is 0.429. The number of nitrogens with one attached hydrogen (secondary N) is 2. The lowest BCUT2D eigenvalue weighted by Crippen LogP contribution is -2.31. The van der Waals surface area contributed by atoms with Gasteiger partial charge in [0, 0.05) is 25.3 Å². The molecule has 166 valence electrons. The van der Waals surface area contributed by atoms with Crippen LogP contribution in [0.25, 0.3) is 11.2 Å². The Balaban J connectivity index is 1.77. The van der Waals surface area contributed by atoms with E-state index in [1.807, 2.05) is 6.92 Å². The van der Waals surface area contributed by atoms with Crippen LogP contribution in [-0.4, -0.2) is 50.6 Å². The Bertz CT molecular complexity index is 1190. The summed E-state index contributed by atoms with van der Waals surface area (Å²) >= 11 is 0. The summed E-state index contributed by atoms with van der Waals surface area (Å²) in [6, 6.07) is 7.13. The SMILES string of the molecule is CCCCn1c(=O)[nH]c(=O)c2c1nc(CN(C)CC(=O)Nc1cccc(OC)c1)n2C. The number of fused-ring (bicyclic) bond motifs is 1. The lowest BCUT2D eigenvalue weighted by Gasteiger charge is -2.16. The standard InChI is InChI=1S/C21H28N6O4/c1-5-6-10-27-19-18(20(29)24-21(27)30)26(3)16(23-19)12-25(2)13-17(28)22-14-8-7-9-15(11-14)31-4/h7-9,11H,5-6,10,12-13H2,1-4H3,(H,22,28)(H,24,29,30). The topological polar surface area (TPSA) is 114 Å². The van der Waals surface area contributed by atoms with Gasteiger partial charge in [-0.3, -0.25) is 24.0 Å². The molecule has 0 aliphatic carbocycles. The Hall–Kier alpha value is -3.40. The largest absolute Gasteiger partial charge is 0.497 e. The van der Waals surface area contributed by atoms with Crippen LogP contribution in [-0.2, 0) is 24.9 Å². The number of carbonyl (C=O) groups is 1. The Morgan fingerprint density at radius 2 is 2.10 bits per heavy atom. The Labute approximate surface area is 179 Å². The molecule has 1 aromatic carbocycles. The zero-order chi connectivity index (χ0) is 22.5. The van der Waals surface area contributed by atoms with E-state index in [9.17, 15) is 14.4 Å². The highest BCUT2D eigenvalue weighted by molar-refractivity contribution is 5.92. The summed E-state index contributed by atoms with van der Waals surface area (Å²) in [5, 5.41) is 2.84. The molecule has 10 nitrogen and oxygen atoms in total. The van der Waals surface area contributed by atoms with E-state index in [0.717, 1.165) is 12.8 Å². The minimum Gasteiger partial charge on any atom is -0.497 e. The predicted molar refractivity (Wildman–Crippen MR) is 118 cm³/mol. The number of hydrogen-bond donors (Lipinski definition) is 2. The minimum absolute atomic E-state index is 0.124. The van der Waals surface area contributed by atoms with Gasteiger partial charge in [-0.2, -0.15) is 0 Å². The van der Waals surface area contributed by atoms with Crippen LogP contribution in [0.2, 0.25) is 0 Å². The number of nitrogens with zero attached hydrogens (tertiary/aromatic N) is 4. The molecule has 10 heteroatoms. The van der Waals surface area contributed by atoms with Crippen molar-refractivity contribution in [3.8, 4) is 5.75 Å². The third-order valence-electron chi connectivity index (χ3n) is 5.02. The fourth-order valence-corrected chi connectivity index (χ4v) is 3.40. The van der Waals surface area contributed by atoms with Gasteiger partial charge in [0.1, 0.15) is 11.6 Å². The normalized spacial score (nSPS) is 11.3. The summed E-state index contributed by atoms with van der Waals surface area (Å²) in [5.41, 5.74) is 0.440. The van der Waals surface area contributed by atoms with Gasteiger partial charge in [0.25, 0.3) is 5.56 Å². The zero-order valence-corrected chi connectivity index (χ0v) is 18.3. The molecule has 0 atom stereocenters. The molecule has 0 bridgehead atoms. The minimum atomic E-state index is -0.465. The van der Waals surface area contributed by atoms with Gasteiger partial charge in [0.2, 0.25) is 5.91 Å². The van der Waals surface area contributed by atoms with E-state index in [1.54, 1.807) is 54.9 Å². The van der Waals surface area contributed by atoms with Crippen molar-refractivity contribution in [2.75, 3.05) is 26.0 Å². The van der Waals surface area contributed by atoms with Crippen LogP contribution >= 0.6 is 0 Å². The molecule has 2 N–H and O–H groups in total. The van der Waals surface area contributed by atoms with Gasteiger partial charge in [-0.15, -0.1) is 0 Å². The summed E-state index contributed by atoms with van der Waals surface area (Å²) in [4.78, 5) is 45.8. The lowest BCUT2D eigenvalue weighted by atomic mass is 10.3. The van der Waals surface area contributed by atoms with Crippen LogP contribution < -0.4 is 21.3 Å². The fourth-order valence-electron chi connectivity index (χ4n) is 3.40. The number of amides is 1. The Morgan fingerprint density at radius 3 is 2.81 bits per heavy atom. The molecule has 0 saturated heterocycles. The number of aryl methyl sites for hydroxylation is 2. The number of aromatic amines is 1. The average molecular weight is 428 g/mol. The van der Waals surface area contributed by atoms with Crippen molar-refractivity contribution in [1.82, 2.24) is 24.0 Å². The van der Waals surface area contributed by atoms with Gasteiger partial charge in [-0.25, -0.2) is 9.78 Å². The van der Waals surface area contributed by atoms with Gasteiger partial charge >= 0.3 is 5.69 Å². The van der Waals surface area contributed by atoms with E-state index >= 15 is 0 Å². The summed E-state index contributed by atoms with van der Waals surface area (Å²) in [6.45, 7) is 2.97. The van der Waals surface area contributed by atoms with Crippen molar-refractivity contribution in [3.63, 3.8) is 0 Å².